The first-order chi connectivity index (χ1) is 24.2. The Morgan fingerprint density at radius 3 is 1.98 bits per heavy atom. The van der Waals surface area contributed by atoms with Crippen LogP contribution < -0.4 is 0 Å². The molecule has 9 rings (SSSR count). The quantitative estimate of drug-likeness (QED) is 0.169. The highest BCUT2D eigenvalue weighted by atomic mass is 15.0. The van der Waals surface area contributed by atoms with E-state index in [-0.39, 0.29) is 5.92 Å². The van der Waals surface area contributed by atoms with Gasteiger partial charge >= 0.3 is 0 Å². The van der Waals surface area contributed by atoms with E-state index in [1.165, 1.54) is 54.5 Å². The van der Waals surface area contributed by atoms with Gasteiger partial charge in [-0.05, 0) is 70.0 Å². The van der Waals surface area contributed by atoms with Crippen LogP contribution in [0.15, 0.2) is 180 Å². The number of fused-ring (bicyclic) bond motifs is 7. The summed E-state index contributed by atoms with van der Waals surface area (Å²) in [5.41, 5.74) is 11.6. The van der Waals surface area contributed by atoms with Gasteiger partial charge in [0.25, 0.3) is 0 Å². The van der Waals surface area contributed by atoms with Gasteiger partial charge in [-0.15, -0.1) is 0 Å². The van der Waals surface area contributed by atoms with Crippen LogP contribution in [0.3, 0.4) is 0 Å². The Labute approximate surface area is 287 Å². The molecule has 8 aromatic rings. The Balaban J connectivity index is 1.42. The van der Waals surface area contributed by atoms with Crippen molar-refractivity contribution in [2.75, 3.05) is 0 Å². The summed E-state index contributed by atoms with van der Waals surface area (Å²) >= 11 is 0. The highest BCUT2D eigenvalue weighted by Gasteiger charge is 2.30. The number of rotatable bonds is 5. The summed E-state index contributed by atoms with van der Waals surface area (Å²) in [6.07, 6.45) is 1.75. The summed E-state index contributed by atoms with van der Waals surface area (Å²) in [4.78, 5) is 5.52. The third kappa shape index (κ3) is 4.75. The number of para-hydroxylation sites is 2. The van der Waals surface area contributed by atoms with Gasteiger partial charge in [0, 0.05) is 38.9 Å². The van der Waals surface area contributed by atoms with E-state index >= 15 is 0 Å². The van der Waals surface area contributed by atoms with Gasteiger partial charge < -0.3 is 4.57 Å². The average molecular weight is 629 g/mol. The Morgan fingerprint density at radius 1 is 0.633 bits per heavy atom. The zero-order valence-electron chi connectivity index (χ0n) is 27.6. The molecule has 49 heavy (non-hydrogen) atoms. The van der Waals surface area contributed by atoms with Crippen LogP contribution in [-0.2, 0) is 0 Å². The molecular formula is C47H36N2. The topological polar surface area (TPSA) is 17.3 Å². The van der Waals surface area contributed by atoms with E-state index in [0.717, 1.165) is 46.6 Å². The molecule has 0 amide bonds. The highest BCUT2D eigenvalue weighted by molar-refractivity contribution is 6.25. The van der Waals surface area contributed by atoms with E-state index in [4.69, 9.17) is 11.6 Å². The smallest absolute Gasteiger partial charge is 0.0741 e. The second-order valence-electron chi connectivity index (χ2n) is 13.0. The first kappa shape index (κ1) is 29.2. The molecule has 1 aliphatic rings. The van der Waals surface area contributed by atoms with Gasteiger partial charge in [-0.25, -0.2) is 4.99 Å². The van der Waals surface area contributed by atoms with Gasteiger partial charge in [-0.1, -0.05) is 147 Å². The van der Waals surface area contributed by atoms with Crippen molar-refractivity contribution in [3.8, 4) is 5.69 Å². The fourth-order valence-electron chi connectivity index (χ4n) is 8.02. The van der Waals surface area contributed by atoms with Crippen LogP contribution in [0.4, 0.5) is 0 Å². The number of aliphatic imine (C=N–C) groups is 1. The molecule has 234 valence electrons. The minimum absolute atomic E-state index is 0.00931. The summed E-state index contributed by atoms with van der Waals surface area (Å²) in [6.45, 7) is 7.18. The maximum absolute atomic E-state index is 5.52. The third-order valence-corrected chi connectivity index (χ3v) is 10.3. The fourth-order valence-corrected chi connectivity index (χ4v) is 8.02. The van der Waals surface area contributed by atoms with Gasteiger partial charge in [0.15, 0.2) is 0 Å². The minimum Gasteiger partial charge on any atom is -0.309 e. The number of nitrogens with zero attached hydrogens (tertiary/aromatic N) is 2. The molecule has 0 fully saturated rings. The molecule has 7 aromatic carbocycles. The highest BCUT2D eigenvalue weighted by Crippen LogP contribution is 2.47. The van der Waals surface area contributed by atoms with Crippen molar-refractivity contribution in [1.29, 1.82) is 0 Å². The van der Waals surface area contributed by atoms with E-state index in [0.29, 0.717) is 0 Å². The molecule has 0 radical (unpaired) electrons. The SMILES string of the molecule is C=C1C(c2ccccc2)=NC(c2ccccc2)=C(CC)CC1c1cc2ccccc2c2ccc3c4ccccc4n(-c4ccccc4)c3c12. The van der Waals surface area contributed by atoms with Crippen molar-refractivity contribution in [3.05, 3.63) is 192 Å². The first-order valence-corrected chi connectivity index (χ1v) is 17.2. The second kappa shape index (κ2) is 11.9. The van der Waals surface area contributed by atoms with Crippen molar-refractivity contribution in [3.63, 3.8) is 0 Å². The van der Waals surface area contributed by atoms with E-state index in [9.17, 15) is 0 Å². The van der Waals surface area contributed by atoms with Crippen LogP contribution >= 0.6 is 0 Å². The van der Waals surface area contributed by atoms with Crippen molar-refractivity contribution < 1.29 is 0 Å². The fraction of sp³-hybridized carbons (Fsp3) is 0.0851. The molecule has 0 bridgehead atoms. The Morgan fingerprint density at radius 2 is 1.24 bits per heavy atom. The standard InChI is InChI=1S/C47H36N2/c1-3-32-29-41(31(2)45(33-17-7-4-8-18-33)48-46(32)34-19-9-5-10-20-34)42-30-35-21-13-14-24-37(35)39-27-28-40-38-25-15-16-26-43(38)49(47(40)44(39)42)36-22-11-6-12-23-36/h4-28,30,41H,2-3,29H2,1H3. The van der Waals surface area contributed by atoms with Crippen LogP contribution in [0.5, 0.6) is 0 Å². The van der Waals surface area contributed by atoms with Crippen molar-refractivity contribution in [1.82, 2.24) is 4.57 Å². The zero-order chi connectivity index (χ0) is 32.9. The largest absolute Gasteiger partial charge is 0.309 e. The number of hydrogen-bond donors (Lipinski definition) is 0. The van der Waals surface area contributed by atoms with Crippen LogP contribution in [0, 0.1) is 0 Å². The maximum atomic E-state index is 5.52. The lowest BCUT2D eigenvalue weighted by Gasteiger charge is -2.24. The molecule has 2 heterocycles. The summed E-state index contributed by atoms with van der Waals surface area (Å²) in [7, 11) is 0. The van der Waals surface area contributed by atoms with Crippen LogP contribution in [0.1, 0.15) is 42.4 Å². The number of benzene rings is 7. The minimum atomic E-state index is 0.00931. The Kier molecular flexibility index (Phi) is 7.09. The average Bonchev–Trinajstić information content (AvgIpc) is 3.43. The van der Waals surface area contributed by atoms with Crippen LogP contribution in [0.25, 0.3) is 54.7 Å². The Bertz CT molecular complexity index is 2600. The number of aromatic nitrogens is 1. The molecule has 1 aliphatic heterocycles. The normalized spacial score (nSPS) is 15.3. The molecule has 0 spiro atoms. The predicted octanol–water partition coefficient (Wildman–Crippen LogP) is 12.4. The van der Waals surface area contributed by atoms with E-state index in [2.05, 4.69) is 169 Å². The van der Waals surface area contributed by atoms with Crippen LogP contribution in [-0.4, -0.2) is 10.3 Å². The second-order valence-corrected chi connectivity index (χ2v) is 13.0. The third-order valence-electron chi connectivity index (χ3n) is 10.3. The maximum Gasteiger partial charge on any atom is 0.0741 e. The van der Waals surface area contributed by atoms with E-state index in [1.807, 2.05) is 0 Å². The Hall–Kier alpha value is -5.99. The summed E-state index contributed by atoms with van der Waals surface area (Å²) in [5.74, 6) is 0.00931. The van der Waals surface area contributed by atoms with Gasteiger partial charge in [-0.2, -0.15) is 0 Å². The number of allylic oxidation sites excluding steroid dienone is 2. The number of hydrogen-bond acceptors (Lipinski definition) is 1. The first-order valence-electron chi connectivity index (χ1n) is 17.2. The van der Waals surface area contributed by atoms with Gasteiger partial charge in [0.05, 0.1) is 22.4 Å². The molecule has 0 saturated heterocycles. The van der Waals surface area contributed by atoms with Crippen molar-refractivity contribution in [2.45, 2.75) is 25.7 Å². The monoisotopic (exact) mass is 628 g/mol. The molecule has 2 heteroatoms. The van der Waals surface area contributed by atoms with E-state index < -0.39 is 0 Å². The van der Waals surface area contributed by atoms with E-state index in [1.54, 1.807) is 0 Å². The molecule has 2 nitrogen and oxygen atoms in total. The predicted molar refractivity (Wildman–Crippen MR) is 209 cm³/mol. The lowest BCUT2D eigenvalue weighted by molar-refractivity contribution is 0.792. The lowest BCUT2D eigenvalue weighted by Crippen LogP contribution is -2.12. The van der Waals surface area contributed by atoms with Gasteiger partial charge in [0.2, 0.25) is 0 Å². The summed E-state index contributed by atoms with van der Waals surface area (Å²) in [6, 6.07) is 56.9. The molecule has 1 aromatic heterocycles. The van der Waals surface area contributed by atoms with Gasteiger partial charge in [0.1, 0.15) is 0 Å². The summed E-state index contributed by atoms with van der Waals surface area (Å²) < 4.78 is 2.48. The molecule has 1 atom stereocenters. The zero-order valence-corrected chi connectivity index (χ0v) is 27.6. The van der Waals surface area contributed by atoms with Gasteiger partial charge in [-0.3, -0.25) is 0 Å². The molecule has 0 N–H and O–H groups in total. The van der Waals surface area contributed by atoms with Crippen molar-refractivity contribution >= 4 is 54.8 Å². The molecule has 1 unspecified atom stereocenters. The summed E-state index contributed by atoms with van der Waals surface area (Å²) in [5, 5.41) is 7.58. The van der Waals surface area contributed by atoms with Crippen molar-refractivity contribution in [2.24, 2.45) is 4.99 Å². The molecule has 0 aliphatic carbocycles. The molecule has 0 saturated carbocycles. The molecular weight excluding hydrogens is 593 g/mol. The van der Waals surface area contributed by atoms with Crippen LogP contribution in [0.2, 0.25) is 0 Å². The lowest BCUT2D eigenvalue weighted by atomic mass is 9.79.